The SMILES string of the molecule is Cc1cccc(CCC(=O)NC(C)(C)C(C)Cl)c1. The Hall–Kier alpha value is -1.02. The summed E-state index contributed by atoms with van der Waals surface area (Å²) in [5.41, 5.74) is 2.05. The summed E-state index contributed by atoms with van der Waals surface area (Å²) in [6.45, 7) is 7.83. The Bertz CT molecular complexity index is 413. The van der Waals surface area contributed by atoms with Crippen molar-refractivity contribution in [1.29, 1.82) is 0 Å². The van der Waals surface area contributed by atoms with E-state index in [1.165, 1.54) is 11.1 Å². The average molecular weight is 268 g/mol. The molecule has 1 aromatic carbocycles. The van der Waals surface area contributed by atoms with Crippen molar-refractivity contribution >= 4 is 17.5 Å². The van der Waals surface area contributed by atoms with Crippen molar-refractivity contribution in [1.82, 2.24) is 5.32 Å². The van der Waals surface area contributed by atoms with E-state index in [0.29, 0.717) is 6.42 Å². The summed E-state index contributed by atoms with van der Waals surface area (Å²) in [6, 6.07) is 8.24. The second-order valence-electron chi connectivity index (χ2n) is 5.37. The third-order valence-electron chi connectivity index (χ3n) is 3.18. The lowest BCUT2D eigenvalue weighted by atomic mass is 10.0. The van der Waals surface area contributed by atoms with Crippen LogP contribution in [0.15, 0.2) is 24.3 Å². The molecule has 2 nitrogen and oxygen atoms in total. The third kappa shape index (κ3) is 4.69. The van der Waals surface area contributed by atoms with Crippen LogP contribution in [-0.2, 0) is 11.2 Å². The number of alkyl halides is 1. The molecule has 18 heavy (non-hydrogen) atoms. The molecule has 0 aliphatic carbocycles. The molecule has 1 unspecified atom stereocenters. The zero-order chi connectivity index (χ0) is 13.8. The fourth-order valence-electron chi connectivity index (χ4n) is 1.65. The molecule has 1 rings (SSSR count). The van der Waals surface area contributed by atoms with Crippen LogP contribution in [0.4, 0.5) is 0 Å². The van der Waals surface area contributed by atoms with Crippen LogP contribution in [0.2, 0.25) is 0 Å². The van der Waals surface area contributed by atoms with Crippen LogP contribution in [0, 0.1) is 6.92 Å². The third-order valence-corrected chi connectivity index (χ3v) is 3.72. The van der Waals surface area contributed by atoms with E-state index in [0.717, 1.165) is 6.42 Å². The van der Waals surface area contributed by atoms with Gasteiger partial charge in [0.15, 0.2) is 0 Å². The highest BCUT2D eigenvalue weighted by Gasteiger charge is 2.25. The monoisotopic (exact) mass is 267 g/mol. The minimum atomic E-state index is -0.370. The van der Waals surface area contributed by atoms with Gasteiger partial charge in [0, 0.05) is 6.42 Å². The first kappa shape index (κ1) is 15.0. The van der Waals surface area contributed by atoms with Crippen LogP contribution in [0.1, 0.15) is 38.3 Å². The van der Waals surface area contributed by atoms with E-state index in [9.17, 15) is 4.79 Å². The largest absolute Gasteiger partial charge is 0.350 e. The van der Waals surface area contributed by atoms with Crippen molar-refractivity contribution in [2.24, 2.45) is 0 Å². The number of carbonyl (C=O) groups is 1. The van der Waals surface area contributed by atoms with Crippen molar-refractivity contribution in [3.05, 3.63) is 35.4 Å². The summed E-state index contributed by atoms with van der Waals surface area (Å²) < 4.78 is 0. The lowest BCUT2D eigenvalue weighted by molar-refractivity contribution is -0.122. The summed E-state index contributed by atoms with van der Waals surface area (Å²) in [4.78, 5) is 11.9. The number of halogens is 1. The van der Waals surface area contributed by atoms with Crippen LogP contribution >= 0.6 is 11.6 Å². The summed E-state index contributed by atoms with van der Waals surface area (Å²) in [6.07, 6.45) is 1.26. The van der Waals surface area contributed by atoms with Crippen molar-refractivity contribution < 1.29 is 4.79 Å². The maximum absolute atomic E-state index is 11.9. The fourth-order valence-corrected chi connectivity index (χ4v) is 1.70. The molecule has 0 heterocycles. The lowest BCUT2D eigenvalue weighted by Gasteiger charge is -2.29. The number of carbonyl (C=O) groups excluding carboxylic acids is 1. The fraction of sp³-hybridized carbons (Fsp3) is 0.533. The number of hydrogen-bond donors (Lipinski definition) is 1. The molecule has 0 bridgehead atoms. The minimum absolute atomic E-state index is 0.0500. The average Bonchev–Trinajstić information content (AvgIpc) is 2.25. The number of rotatable bonds is 5. The molecule has 0 aromatic heterocycles. The summed E-state index contributed by atoms with van der Waals surface area (Å²) in [7, 11) is 0. The Labute approximate surface area is 115 Å². The summed E-state index contributed by atoms with van der Waals surface area (Å²) in [5.74, 6) is 0.0500. The van der Waals surface area contributed by atoms with Crippen LogP contribution in [0.3, 0.4) is 0 Å². The maximum Gasteiger partial charge on any atom is 0.220 e. The Kier molecular flexibility index (Phi) is 5.21. The van der Waals surface area contributed by atoms with Crippen molar-refractivity contribution in [3.8, 4) is 0 Å². The molecule has 1 atom stereocenters. The van der Waals surface area contributed by atoms with Gasteiger partial charge in [-0.1, -0.05) is 29.8 Å². The predicted molar refractivity (Wildman–Crippen MR) is 77.0 cm³/mol. The molecule has 0 saturated heterocycles. The minimum Gasteiger partial charge on any atom is -0.350 e. The van der Waals surface area contributed by atoms with Gasteiger partial charge in [-0.25, -0.2) is 0 Å². The molecule has 1 N–H and O–H groups in total. The van der Waals surface area contributed by atoms with Gasteiger partial charge in [-0.15, -0.1) is 11.6 Å². The topological polar surface area (TPSA) is 29.1 Å². The smallest absolute Gasteiger partial charge is 0.220 e. The molecule has 0 aliphatic heterocycles. The van der Waals surface area contributed by atoms with E-state index < -0.39 is 0 Å². The van der Waals surface area contributed by atoms with E-state index in [1.807, 2.05) is 26.8 Å². The number of amides is 1. The van der Waals surface area contributed by atoms with Gasteiger partial charge in [0.1, 0.15) is 0 Å². The Morgan fingerprint density at radius 1 is 1.44 bits per heavy atom. The van der Waals surface area contributed by atoms with E-state index in [1.54, 1.807) is 0 Å². The normalized spacial score (nSPS) is 13.2. The van der Waals surface area contributed by atoms with Crippen LogP contribution < -0.4 is 5.32 Å². The van der Waals surface area contributed by atoms with Gasteiger partial charge < -0.3 is 5.32 Å². The van der Waals surface area contributed by atoms with Gasteiger partial charge in [0.2, 0.25) is 5.91 Å². The van der Waals surface area contributed by atoms with Crippen LogP contribution in [0.5, 0.6) is 0 Å². The Balaban J connectivity index is 2.47. The molecule has 0 spiro atoms. The first-order valence-electron chi connectivity index (χ1n) is 6.32. The number of benzene rings is 1. The predicted octanol–water partition coefficient (Wildman–Crippen LogP) is 3.45. The first-order chi connectivity index (χ1) is 8.31. The highest BCUT2D eigenvalue weighted by atomic mass is 35.5. The van der Waals surface area contributed by atoms with Crippen molar-refractivity contribution in [2.75, 3.05) is 0 Å². The number of aryl methyl sites for hydroxylation is 2. The lowest BCUT2D eigenvalue weighted by Crippen LogP contribution is -2.49. The molecule has 0 radical (unpaired) electrons. The first-order valence-corrected chi connectivity index (χ1v) is 6.75. The molecule has 3 heteroatoms. The second-order valence-corrected chi connectivity index (χ2v) is 6.03. The van der Waals surface area contributed by atoms with Gasteiger partial charge in [-0.3, -0.25) is 4.79 Å². The molecule has 1 amide bonds. The molecule has 1 aromatic rings. The van der Waals surface area contributed by atoms with Crippen LogP contribution in [0.25, 0.3) is 0 Å². The van der Waals surface area contributed by atoms with Gasteiger partial charge in [0.25, 0.3) is 0 Å². The standard InChI is InChI=1S/C15H22ClNO/c1-11-6-5-7-13(10-11)8-9-14(18)17-15(3,4)12(2)16/h5-7,10,12H,8-9H2,1-4H3,(H,17,18). The highest BCUT2D eigenvalue weighted by molar-refractivity contribution is 6.21. The molecule has 100 valence electrons. The van der Waals surface area contributed by atoms with E-state index in [4.69, 9.17) is 11.6 Å². The summed E-state index contributed by atoms with van der Waals surface area (Å²) >= 11 is 6.04. The Morgan fingerprint density at radius 3 is 2.67 bits per heavy atom. The van der Waals surface area contributed by atoms with E-state index in [-0.39, 0.29) is 16.8 Å². The molecular weight excluding hydrogens is 246 g/mol. The molecular formula is C15H22ClNO. The van der Waals surface area contributed by atoms with Crippen molar-refractivity contribution in [3.63, 3.8) is 0 Å². The van der Waals surface area contributed by atoms with Crippen molar-refractivity contribution in [2.45, 2.75) is 51.5 Å². The summed E-state index contributed by atoms with van der Waals surface area (Å²) in [5, 5.41) is 2.87. The Morgan fingerprint density at radius 2 is 2.11 bits per heavy atom. The van der Waals surface area contributed by atoms with Gasteiger partial charge >= 0.3 is 0 Å². The second kappa shape index (κ2) is 6.24. The quantitative estimate of drug-likeness (QED) is 0.814. The zero-order valence-corrected chi connectivity index (χ0v) is 12.3. The highest BCUT2D eigenvalue weighted by Crippen LogP contribution is 2.15. The number of hydrogen-bond acceptors (Lipinski definition) is 1. The molecule has 0 fully saturated rings. The molecule has 0 saturated carbocycles. The van der Waals surface area contributed by atoms with Gasteiger partial charge in [-0.05, 0) is 39.7 Å². The molecule has 0 aliphatic rings. The maximum atomic E-state index is 11.9. The van der Waals surface area contributed by atoms with E-state index in [2.05, 4.69) is 30.4 Å². The van der Waals surface area contributed by atoms with Crippen LogP contribution in [-0.4, -0.2) is 16.8 Å². The van der Waals surface area contributed by atoms with Gasteiger partial charge in [0.05, 0.1) is 10.9 Å². The number of nitrogens with one attached hydrogen (secondary N) is 1. The van der Waals surface area contributed by atoms with Gasteiger partial charge in [-0.2, -0.15) is 0 Å². The zero-order valence-electron chi connectivity index (χ0n) is 11.6. The van der Waals surface area contributed by atoms with E-state index >= 15 is 0 Å².